The Morgan fingerprint density at radius 1 is 1.62 bits per heavy atom. The molecule has 0 rings (SSSR count). The van der Waals surface area contributed by atoms with E-state index in [0.29, 0.717) is 6.42 Å². The first-order valence-electron chi connectivity index (χ1n) is 4.18. The number of nitrogens with two attached hydrogens (primary N) is 1. The van der Waals surface area contributed by atoms with Gasteiger partial charge in [-0.05, 0) is 12.8 Å². The fourth-order valence-electron chi connectivity index (χ4n) is 1.21. The predicted octanol–water partition coefficient (Wildman–Crippen LogP) is 1.91. The third-order valence-corrected chi connectivity index (χ3v) is 2.96. The number of rotatable bonds is 5. The highest BCUT2D eigenvalue weighted by Gasteiger charge is 2.34. The van der Waals surface area contributed by atoms with E-state index in [9.17, 15) is 4.79 Å². The highest BCUT2D eigenvalue weighted by atomic mass is 32.1. The summed E-state index contributed by atoms with van der Waals surface area (Å²) < 4.78 is -0.555. The largest absolute Gasteiger partial charge is 0.480 e. The van der Waals surface area contributed by atoms with E-state index in [1.807, 2.05) is 13.8 Å². The van der Waals surface area contributed by atoms with E-state index in [2.05, 4.69) is 12.6 Å². The van der Waals surface area contributed by atoms with Crippen LogP contribution in [0.4, 0.5) is 0 Å². The molecule has 0 radical (unpaired) electrons. The van der Waals surface area contributed by atoms with E-state index in [1.54, 1.807) is 0 Å². The summed E-state index contributed by atoms with van der Waals surface area (Å²) >= 11 is 4.33. The number of aliphatic carboxylic acids is 1. The summed E-state index contributed by atoms with van der Waals surface area (Å²) in [5.41, 5.74) is 5.52. The monoisotopic (exact) mass is 207 g/mol. The third-order valence-electron chi connectivity index (χ3n) is 2.14. The van der Waals surface area contributed by atoms with Crippen molar-refractivity contribution in [3.63, 3.8) is 0 Å². The molecule has 0 aromatic rings. The first kappa shape index (κ1) is 15.3. The van der Waals surface area contributed by atoms with Crippen LogP contribution in [0.25, 0.3) is 0 Å². The van der Waals surface area contributed by atoms with Crippen LogP contribution in [-0.2, 0) is 4.79 Å². The highest BCUT2D eigenvalue weighted by molar-refractivity contribution is 7.82. The van der Waals surface area contributed by atoms with E-state index in [0.717, 1.165) is 12.8 Å². The van der Waals surface area contributed by atoms with Gasteiger partial charge in [0.15, 0.2) is 0 Å². The van der Waals surface area contributed by atoms with E-state index in [1.165, 1.54) is 0 Å². The Balaban J connectivity index is 0. The van der Waals surface area contributed by atoms with Crippen LogP contribution in [-0.4, -0.2) is 21.9 Å². The molecule has 0 aliphatic heterocycles. The molecule has 0 saturated carbocycles. The molecule has 0 saturated heterocycles. The van der Waals surface area contributed by atoms with Crippen molar-refractivity contribution in [2.75, 3.05) is 0 Å². The lowest BCUT2D eigenvalue weighted by molar-refractivity contribution is -0.139. The SMILES string of the molecule is C.CCCC(S)(CC)C(N)C(=O)O. The summed E-state index contributed by atoms with van der Waals surface area (Å²) in [5, 5.41) is 8.70. The Morgan fingerprint density at radius 3 is 2.31 bits per heavy atom. The number of hydrogen-bond donors (Lipinski definition) is 3. The third kappa shape index (κ3) is 4.00. The Kier molecular flexibility index (Phi) is 7.36. The number of thiol groups is 1. The maximum atomic E-state index is 10.6. The minimum atomic E-state index is -0.972. The summed E-state index contributed by atoms with van der Waals surface area (Å²) in [6.45, 7) is 3.90. The van der Waals surface area contributed by atoms with Crippen LogP contribution in [0.15, 0.2) is 0 Å². The molecule has 0 bridgehead atoms. The Labute approximate surface area is 86.1 Å². The van der Waals surface area contributed by atoms with Crippen LogP contribution >= 0.6 is 12.6 Å². The van der Waals surface area contributed by atoms with Gasteiger partial charge >= 0.3 is 5.97 Å². The van der Waals surface area contributed by atoms with Gasteiger partial charge in [0.25, 0.3) is 0 Å². The lowest BCUT2D eigenvalue weighted by Gasteiger charge is -2.30. The standard InChI is InChI=1S/C8H17NO2S.CH4/c1-3-5-8(12,4-2)6(9)7(10)11;/h6,12H,3-5,9H2,1-2H3,(H,10,11);1H4. The van der Waals surface area contributed by atoms with Crippen LogP contribution < -0.4 is 5.73 Å². The molecule has 0 aromatic carbocycles. The smallest absolute Gasteiger partial charge is 0.321 e. The summed E-state index contributed by atoms with van der Waals surface area (Å²) in [6, 6.07) is -0.870. The lowest BCUT2D eigenvalue weighted by Crippen LogP contribution is -2.48. The van der Waals surface area contributed by atoms with Gasteiger partial charge in [0.1, 0.15) is 6.04 Å². The van der Waals surface area contributed by atoms with Crippen LogP contribution in [0, 0.1) is 0 Å². The van der Waals surface area contributed by atoms with Crippen LogP contribution in [0.1, 0.15) is 40.5 Å². The molecule has 13 heavy (non-hydrogen) atoms. The van der Waals surface area contributed by atoms with Crippen molar-refractivity contribution in [2.45, 2.75) is 51.3 Å². The molecule has 0 heterocycles. The first-order chi connectivity index (χ1) is 5.48. The van der Waals surface area contributed by atoms with Gasteiger partial charge in [-0.15, -0.1) is 0 Å². The number of carbonyl (C=O) groups is 1. The van der Waals surface area contributed by atoms with E-state index < -0.39 is 16.8 Å². The Morgan fingerprint density at radius 2 is 2.08 bits per heavy atom. The number of hydrogen-bond acceptors (Lipinski definition) is 3. The number of carboxylic acids is 1. The minimum absolute atomic E-state index is 0. The average Bonchev–Trinajstić information content (AvgIpc) is 2.03. The molecule has 0 aromatic heterocycles. The van der Waals surface area contributed by atoms with Gasteiger partial charge in [-0.1, -0.05) is 27.7 Å². The van der Waals surface area contributed by atoms with Gasteiger partial charge in [0.05, 0.1) is 0 Å². The van der Waals surface area contributed by atoms with Gasteiger partial charge in [0, 0.05) is 4.75 Å². The van der Waals surface area contributed by atoms with Crippen molar-refractivity contribution in [3.8, 4) is 0 Å². The molecular formula is C9H21NO2S. The zero-order valence-electron chi connectivity index (χ0n) is 7.58. The molecule has 2 atom stereocenters. The van der Waals surface area contributed by atoms with Crippen LogP contribution in [0.5, 0.6) is 0 Å². The van der Waals surface area contributed by atoms with Crippen molar-refractivity contribution in [1.29, 1.82) is 0 Å². The second kappa shape index (κ2) is 6.27. The summed E-state index contributed by atoms with van der Waals surface area (Å²) in [5.74, 6) is -0.972. The topological polar surface area (TPSA) is 63.3 Å². The first-order valence-corrected chi connectivity index (χ1v) is 4.63. The molecule has 0 aliphatic carbocycles. The summed E-state index contributed by atoms with van der Waals surface area (Å²) in [4.78, 5) is 10.6. The highest BCUT2D eigenvalue weighted by Crippen LogP contribution is 2.28. The molecule has 2 unspecified atom stereocenters. The van der Waals surface area contributed by atoms with E-state index in [4.69, 9.17) is 10.8 Å². The maximum absolute atomic E-state index is 10.6. The zero-order valence-corrected chi connectivity index (χ0v) is 8.47. The van der Waals surface area contributed by atoms with Crippen molar-refractivity contribution < 1.29 is 9.90 Å². The molecule has 0 spiro atoms. The predicted molar refractivity (Wildman–Crippen MR) is 59.3 cm³/mol. The Bertz CT molecular complexity index is 164. The summed E-state index contributed by atoms with van der Waals surface area (Å²) in [7, 11) is 0. The zero-order chi connectivity index (χ0) is 9.78. The van der Waals surface area contributed by atoms with Gasteiger partial charge in [-0.3, -0.25) is 4.79 Å². The van der Waals surface area contributed by atoms with Crippen LogP contribution in [0.3, 0.4) is 0 Å². The fraction of sp³-hybridized carbons (Fsp3) is 0.889. The van der Waals surface area contributed by atoms with Gasteiger partial charge in [0.2, 0.25) is 0 Å². The summed E-state index contributed by atoms with van der Waals surface area (Å²) in [6.07, 6.45) is 2.32. The molecule has 0 amide bonds. The fourth-order valence-corrected chi connectivity index (χ4v) is 1.55. The normalized spacial score (nSPS) is 16.9. The minimum Gasteiger partial charge on any atom is -0.480 e. The molecule has 0 fully saturated rings. The van der Waals surface area contributed by atoms with Crippen molar-refractivity contribution in [1.82, 2.24) is 0 Å². The second-order valence-corrected chi connectivity index (χ2v) is 3.91. The molecular weight excluding hydrogens is 186 g/mol. The molecule has 3 N–H and O–H groups in total. The van der Waals surface area contributed by atoms with Gasteiger partial charge in [-0.2, -0.15) is 12.6 Å². The lowest BCUT2D eigenvalue weighted by atomic mass is 9.91. The van der Waals surface area contributed by atoms with E-state index >= 15 is 0 Å². The van der Waals surface area contributed by atoms with Crippen molar-refractivity contribution >= 4 is 18.6 Å². The maximum Gasteiger partial charge on any atom is 0.321 e. The molecule has 4 heteroatoms. The van der Waals surface area contributed by atoms with Crippen molar-refractivity contribution in [2.24, 2.45) is 5.73 Å². The Hall–Kier alpha value is -0.220. The van der Waals surface area contributed by atoms with Crippen LogP contribution in [0.2, 0.25) is 0 Å². The van der Waals surface area contributed by atoms with Gasteiger partial charge in [-0.25, -0.2) is 0 Å². The number of carboxylic acid groups (broad SMARTS) is 1. The van der Waals surface area contributed by atoms with Gasteiger partial charge < -0.3 is 10.8 Å². The molecule has 80 valence electrons. The molecule has 0 aliphatic rings. The molecule has 3 nitrogen and oxygen atoms in total. The van der Waals surface area contributed by atoms with E-state index in [-0.39, 0.29) is 7.43 Å². The van der Waals surface area contributed by atoms with Crippen molar-refractivity contribution in [3.05, 3.63) is 0 Å². The average molecular weight is 207 g/mol. The quantitative estimate of drug-likeness (QED) is 0.603. The second-order valence-electron chi connectivity index (χ2n) is 3.02.